The third-order valence-corrected chi connectivity index (χ3v) is 7.33. The highest BCUT2D eigenvalue weighted by Gasteiger charge is 2.23. The molecule has 3 heterocycles. The molecule has 3 aromatic heterocycles. The highest BCUT2D eigenvalue weighted by Crippen LogP contribution is 2.31. The van der Waals surface area contributed by atoms with E-state index in [9.17, 15) is 9.90 Å². The van der Waals surface area contributed by atoms with Crippen molar-refractivity contribution in [2.24, 2.45) is 7.05 Å². The number of aromatic carboxylic acids is 1. The van der Waals surface area contributed by atoms with Gasteiger partial charge in [-0.25, -0.2) is 14.8 Å². The highest BCUT2D eigenvalue weighted by atomic mass is 28.3. The van der Waals surface area contributed by atoms with Crippen LogP contribution in [0.3, 0.4) is 0 Å². The minimum Gasteiger partial charge on any atom is -0.478 e. The van der Waals surface area contributed by atoms with Gasteiger partial charge in [-0.15, -0.1) is 0 Å². The quantitative estimate of drug-likeness (QED) is 0.456. The number of rotatable bonds is 7. The van der Waals surface area contributed by atoms with Crippen molar-refractivity contribution in [3.63, 3.8) is 0 Å². The molecule has 1 N–H and O–H groups in total. The standard InChI is InChI=1S/C21H29N5O3Si/c1-25-17-8-6-5-7-14(17)18(24-25)16-11-22-20-19(23-16)15(21(27)28)12-26(20)13-29-9-10-30(2,3)4/h11-12H,5-10,13H2,1-4H3,(H,27,28). The largest absolute Gasteiger partial charge is 0.478 e. The molecule has 0 atom stereocenters. The number of fused-ring (bicyclic) bond motifs is 2. The first-order chi connectivity index (χ1) is 14.2. The zero-order chi connectivity index (χ0) is 21.5. The van der Waals surface area contributed by atoms with Gasteiger partial charge in [0.15, 0.2) is 5.65 Å². The van der Waals surface area contributed by atoms with Crippen molar-refractivity contribution in [1.29, 1.82) is 0 Å². The van der Waals surface area contributed by atoms with Gasteiger partial charge < -0.3 is 14.4 Å². The smallest absolute Gasteiger partial charge is 0.339 e. The summed E-state index contributed by atoms with van der Waals surface area (Å²) in [6, 6.07) is 1.05. The van der Waals surface area contributed by atoms with Gasteiger partial charge in [-0.1, -0.05) is 19.6 Å². The molecule has 0 amide bonds. The van der Waals surface area contributed by atoms with Crippen molar-refractivity contribution < 1.29 is 14.6 Å². The lowest BCUT2D eigenvalue weighted by Gasteiger charge is -2.15. The second-order valence-electron chi connectivity index (χ2n) is 9.20. The molecular formula is C21H29N5O3Si. The number of carbonyl (C=O) groups is 1. The summed E-state index contributed by atoms with van der Waals surface area (Å²) >= 11 is 0. The predicted molar refractivity (Wildman–Crippen MR) is 117 cm³/mol. The number of hydrogen-bond acceptors (Lipinski definition) is 5. The summed E-state index contributed by atoms with van der Waals surface area (Å²) in [5.74, 6) is -1.02. The minimum absolute atomic E-state index is 0.137. The fourth-order valence-corrected chi connectivity index (χ4v) is 4.70. The lowest BCUT2D eigenvalue weighted by Crippen LogP contribution is -2.22. The summed E-state index contributed by atoms with van der Waals surface area (Å²) < 4.78 is 9.46. The molecule has 0 saturated carbocycles. The van der Waals surface area contributed by atoms with Crippen molar-refractivity contribution in [2.45, 2.75) is 58.1 Å². The normalized spacial score (nSPS) is 14.3. The Hall–Kier alpha value is -2.52. The molecule has 0 spiro atoms. The van der Waals surface area contributed by atoms with Gasteiger partial charge in [0.2, 0.25) is 0 Å². The molecule has 0 unspecified atom stereocenters. The van der Waals surface area contributed by atoms with E-state index >= 15 is 0 Å². The van der Waals surface area contributed by atoms with Gasteiger partial charge in [-0.05, 0) is 31.7 Å². The number of nitrogens with zero attached hydrogens (tertiary/aromatic N) is 5. The monoisotopic (exact) mass is 427 g/mol. The van der Waals surface area contributed by atoms with Gasteiger partial charge in [0.1, 0.15) is 29.2 Å². The van der Waals surface area contributed by atoms with Crippen LogP contribution in [-0.4, -0.2) is 50.1 Å². The minimum atomic E-state index is -1.18. The number of hydrogen-bond donors (Lipinski definition) is 1. The fraction of sp³-hybridized carbons (Fsp3) is 0.524. The van der Waals surface area contributed by atoms with Gasteiger partial charge in [0.05, 0.1) is 6.20 Å². The molecule has 1 aliphatic rings. The number of aryl methyl sites for hydroxylation is 1. The molecule has 0 bridgehead atoms. The molecule has 0 aromatic carbocycles. The lowest BCUT2D eigenvalue weighted by molar-refractivity contribution is 0.0696. The second kappa shape index (κ2) is 7.96. The van der Waals surface area contributed by atoms with E-state index < -0.39 is 14.0 Å². The molecule has 30 heavy (non-hydrogen) atoms. The number of ether oxygens (including phenoxy) is 1. The summed E-state index contributed by atoms with van der Waals surface area (Å²) in [6.45, 7) is 7.82. The van der Waals surface area contributed by atoms with Gasteiger partial charge in [0, 0.05) is 39.2 Å². The zero-order valence-corrected chi connectivity index (χ0v) is 19.1. The van der Waals surface area contributed by atoms with E-state index in [1.807, 2.05) is 11.7 Å². The maximum atomic E-state index is 11.8. The van der Waals surface area contributed by atoms with Crippen molar-refractivity contribution in [2.75, 3.05) is 6.61 Å². The Morgan fingerprint density at radius 2 is 2.03 bits per heavy atom. The molecule has 0 aliphatic heterocycles. The van der Waals surface area contributed by atoms with Crippen LogP contribution >= 0.6 is 0 Å². The molecule has 4 rings (SSSR count). The molecule has 3 aromatic rings. The van der Waals surface area contributed by atoms with E-state index in [0.717, 1.165) is 31.0 Å². The van der Waals surface area contributed by atoms with Crippen LogP contribution in [0.5, 0.6) is 0 Å². The molecule has 160 valence electrons. The van der Waals surface area contributed by atoms with Crippen molar-refractivity contribution in [1.82, 2.24) is 24.3 Å². The summed E-state index contributed by atoms with van der Waals surface area (Å²) in [7, 11) is 0.773. The molecule has 1 aliphatic carbocycles. The van der Waals surface area contributed by atoms with Gasteiger partial charge in [-0.2, -0.15) is 5.10 Å². The molecule has 0 saturated heterocycles. The van der Waals surface area contributed by atoms with Gasteiger partial charge >= 0.3 is 5.97 Å². The Bertz CT molecular complexity index is 1100. The van der Waals surface area contributed by atoms with Crippen LogP contribution in [0.15, 0.2) is 12.4 Å². The Morgan fingerprint density at radius 1 is 1.27 bits per heavy atom. The first-order valence-electron chi connectivity index (χ1n) is 10.5. The van der Waals surface area contributed by atoms with E-state index in [1.54, 1.807) is 17.0 Å². The third-order valence-electron chi connectivity index (χ3n) is 5.63. The first-order valence-corrected chi connectivity index (χ1v) is 14.2. The van der Waals surface area contributed by atoms with E-state index in [-0.39, 0.29) is 12.3 Å². The average Bonchev–Trinajstić information content (AvgIpc) is 3.23. The van der Waals surface area contributed by atoms with E-state index in [1.165, 1.54) is 17.7 Å². The third kappa shape index (κ3) is 4.04. The van der Waals surface area contributed by atoms with Crippen LogP contribution in [0.1, 0.15) is 34.5 Å². The Balaban J connectivity index is 1.67. The molecular weight excluding hydrogens is 398 g/mol. The average molecular weight is 428 g/mol. The van der Waals surface area contributed by atoms with Crippen LogP contribution in [0, 0.1) is 0 Å². The van der Waals surface area contributed by atoms with Crippen molar-refractivity contribution in [3.05, 3.63) is 29.2 Å². The Kier molecular flexibility index (Phi) is 5.50. The maximum Gasteiger partial charge on any atom is 0.339 e. The highest BCUT2D eigenvalue weighted by molar-refractivity contribution is 6.76. The molecule has 8 nitrogen and oxygen atoms in total. The number of carboxylic acids is 1. The van der Waals surface area contributed by atoms with Crippen LogP contribution in [0.2, 0.25) is 25.7 Å². The van der Waals surface area contributed by atoms with Gasteiger partial charge in [0.25, 0.3) is 0 Å². The molecule has 0 fully saturated rings. The first kappa shape index (κ1) is 20.7. The topological polar surface area (TPSA) is 95.1 Å². The molecule has 0 radical (unpaired) electrons. The Morgan fingerprint density at radius 3 is 2.77 bits per heavy atom. The van der Waals surface area contributed by atoms with Crippen molar-refractivity contribution in [3.8, 4) is 11.4 Å². The van der Waals surface area contributed by atoms with E-state index in [2.05, 4.69) is 34.7 Å². The van der Waals surface area contributed by atoms with Crippen LogP contribution < -0.4 is 0 Å². The number of carboxylic acid groups (broad SMARTS) is 1. The van der Waals surface area contributed by atoms with Crippen LogP contribution in [0.4, 0.5) is 0 Å². The summed E-state index contributed by atoms with van der Waals surface area (Å²) in [6.07, 6.45) is 7.55. The van der Waals surface area contributed by atoms with E-state index in [4.69, 9.17) is 4.74 Å². The maximum absolute atomic E-state index is 11.8. The summed E-state index contributed by atoms with van der Waals surface area (Å²) in [4.78, 5) is 21.1. The Labute approximate surface area is 176 Å². The number of aromatic nitrogens is 5. The lowest BCUT2D eigenvalue weighted by atomic mass is 9.95. The predicted octanol–water partition coefficient (Wildman–Crippen LogP) is 3.72. The van der Waals surface area contributed by atoms with Crippen molar-refractivity contribution >= 4 is 25.2 Å². The zero-order valence-electron chi connectivity index (χ0n) is 18.1. The second-order valence-corrected chi connectivity index (χ2v) is 14.8. The van der Waals surface area contributed by atoms with Gasteiger partial charge in [-0.3, -0.25) is 4.68 Å². The molecule has 9 heteroatoms. The SMILES string of the molecule is Cn1nc(-c2cnc3c(n2)c(C(=O)O)cn3COCC[Si](C)(C)C)c2c1CCCC2. The van der Waals surface area contributed by atoms with Crippen LogP contribution in [0.25, 0.3) is 22.6 Å². The fourth-order valence-electron chi connectivity index (χ4n) is 3.94. The van der Waals surface area contributed by atoms with E-state index in [0.29, 0.717) is 23.5 Å². The summed E-state index contributed by atoms with van der Waals surface area (Å²) in [5.41, 5.74) is 4.93. The van der Waals surface area contributed by atoms with Crippen LogP contribution in [-0.2, 0) is 31.4 Å². The summed E-state index contributed by atoms with van der Waals surface area (Å²) in [5, 5.41) is 14.4.